The van der Waals surface area contributed by atoms with Crippen LogP contribution in [0.25, 0.3) is 0 Å². The van der Waals surface area contributed by atoms with Crippen LogP contribution >= 0.6 is 15.9 Å². The van der Waals surface area contributed by atoms with Crippen LogP contribution in [-0.2, 0) is 0 Å². The highest BCUT2D eigenvalue weighted by molar-refractivity contribution is 9.10. The lowest BCUT2D eigenvalue weighted by atomic mass is 9.94. The number of hydrogen-bond donors (Lipinski definition) is 0. The molecule has 0 unspecified atom stereocenters. The molecule has 1 aliphatic rings. The van der Waals surface area contributed by atoms with E-state index in [0.717, 1.165) is 18.7 Å². The number of Topliss-reactive ketones (excluding diaryl/α,β-unsaturated/α-hetero) is 1. The highest BCUT2D eigenvalue weighted by Gasteiger charge is 2.33. The van der Waals surface area contributed by atoms with Gasteiger partial charge in [0.15, 0.2) is 5.78 Å². The fourth-order valence-electron chi connectivity index (χ4n) is 3.32. The largest absolute Gasteiger partial charge is 0.295 e. The van der Waals surface area contributed by atoms with Crippen LogP contribution in [0.1, 0.15) is 41.2 Å². The van der Waals surface area contributed by atoms with Crippen LogP contribution < -0.4 is 0 Å². The van der Waals surface area contributed by atoms with Gasteiger partial charge in [0.05, 0.1) is 10.9 Å². The van der Waals surface area contributed by atoms with Crippen LogP contribution in [0, 0.1) is 0 Å². The van der Waals surface area contributed by atoms with E-state index in [0.29, 0.717) is 0 Å². The molecule has 1 fully saturated rings. The van der Waals surface area contributed by atoms with E-state index < -0.39 is 0 Å². The summed E-state index contributed by atoms with van der Waals surface area (Å²) in [6.07, 6.45) is 3.71. The zero-order chi connectivity index (χ0) is 16.1. The summed E-state index contributed by atoms with van der Waals surface area (Å²) in [6.45, 7) is 2.12. The fourth-order valence-corrected chi connectivity index (χ4v) is 4.22. The van der Waals surface area contributed by atoms with Crippen LogP contribution in [0.2, 0.25) is 0 Å². The Hall–Kier alpha value is -1.45. The number of piperidine rings is 1. The Bertz CT molecular complexity index is 623. The van der Waals surface area contributed by atoms with Gasteiger partial charge in [-0.2, -0.15) is 0 Å². The number of alkyl halides is 1. The number of ketones is 1. The van der Waals surface area contributed by atoms with Crippen molar-refractivity contribution in [1.29, 1.82) is 0 Å². The van der Waals surface area contributed by atoms with Gasteiger partial charge < -0.3 is 0 Å². The highest BCUT2D eigenvalue weighted by Crippen LogP contribution is 2.33. The lowest BCUT2D eigenvalue weighted by Crippen LogP contribution is -2.40. The summed E-state index contributed by atoms with van der Waals surface area (Å²) in [5.74, 6) is 0.157. The minimum atomic E-state index is -0.231. The summed E-state index contributed by atoms with van der Waals surface area (Å²) < 4.78 is 0. The smallest absolute Gasteiger partial charge is 0.178 e. The van der Waals surface area contributed by atoms with Crippen molar-refractivity contribution in [2.24, 2.45) is 0 Å². The number of benzene rings is 2. The SMILES string of the molecule is O=C(c1ccccc1)[C@@H](Br)[C@H](c1ccccc1)N1CCCCC1. The lowest BCUT2D eigenvalue weighted by molar-refractivity contribution is 0.0915. The van der Waals surface area contributed by atoms with E-state index in [2.05, 4.69) is 45.1 Å². The molecule has 23 heavy (non-hydrogen) atoms. The van der Waals surface area contributed by atoms with Crippen molar-refractivity contribution in [3.05, 3.63) is 71.8 Å². The van der Waals surface area contributed by atoms with Crippen molar-refractivity contribution in [3.63, 3.8) is 0 Å². The molecule has 0 amide bonds. The first-order valence-corrected chi connectivity index (χ1v) is 9.21. The van der Waals surface area contributed by atoms with Gasteiger partial charge in [-0.15, -0.1) is 0 Å². The predicted molar refractivity (Wildman–Crippen MR) is 98.1 cm³/mol. The average Bonchev–Trinajstić information content (AvgIpc) is 2.64. The molecule has 0 aliphatic carbocycles. The normalized spacial score (nSPS) is 18.3. The number of likely N-dealkylation sites (tertiary alicyclic amines) is 1. The number of carbonyl (C=O) groups excluding carboxylic acids is 1. The number of halogens is 1. The molecule has 0 aromatic heterocycles. The maximum atomic E-state index is 12.9. The molecule has 3 rings (SSSR count). The van der Waals surface area contributed by atoms with Crippen LogP contribution in [0.3, 0.4) is 0 Å². The third-order valence-electron chi connectivity index (χ3n) is 4.51. The van der Waals surface area contributed by atoms with Crippen LogP contribution in [0.15, 0.2) is 60.7 Å². The molecule has 120 valence electrons. The second kappa shape index (κ2) is 7.89. The molecule has 2 atom stereocenters. The summed E-state index contributed by atoms with van der Waals surface area (Å²) in [4.78, 5) is 15.2. The average molecular weight is 372 g/mol. The Labute approximate surface area is 146 Å². The zero-order valence-electron chi connectivity index (χ0n) is 13.2. The first-order valence-electron chi connectivity index (χ1n) is 8.30. The summed E-state index contributed by atoms with van der Waals surface area (Å²) in [5, 5.41) is 0. The Morgan fingerprint density at radius 3 is 2.04 bits per heavy atom. The number of hydrogen-bond acceptors (Lipinski definition) is 2. The van der Waals surface area contributed by atoms with Crippen molar-refractivity contribution in [2.45, 2.75) is 30.1 Å². The van der Waals surface area contributed by atoms with Crippen molar-refractivity contribution in [1.82, 2.24) is 4.90 Å². The monoisotopic (exact) mass is 371 g/mol. The Morgan fingerprint density at radius 1 is 0.870 bits per heavy atom. The van der Waals surface area contributed by atoms with Gasteiger partial charge in [-0.1, -0.05) is 83.0 Å². The summed E-state index contributed by atoms with van der Waals surface area (Å²) in [5.41, 5.74) is 1.98. The fraction of sp³-hybridized carbons (Fsp3) is 0.350. The lowest BCUT2D eigenvalue weighted by Gasteiger charge is -2.37. The molecular formula is C20H22BrNO. The van der Waals surface area contributed by atoms with Gasteiger partial charge >= 0.3 is 0 Å². The zero-order valence-corrected chi connectivity index (χ0v) is 14.8. The van der Waals surface area contributed by atoms with Gasteiger partial charge in [0.2, 0.25) is 0 Å². The van der Waals surface area contributed by atoms with Crippen molar-refractivity contribution < 1.29 is 4.79 Å². The summed E-state index contributed by atoms with van der Waals surface area (Å²) in [6, 6.07) is 20.1. The van der Waals surface area contributed by atoms with Gasteiger partial charge in [-0.3, -0.25) is 9.69 Å². The predicted octanol–water partition coefficient (Wildman–Crippen LogP) is 4.86. The molecule has 2 nitrogen and oxygen atoms in total. The molecule has 3 heteroatoms. The molecule has 0 N–H and O–H groups in total. The van der Waals surface area contributed by atoms with Crippen LogP contribution in [-0.4, -0.2) is 28.6 Å². The molecule has 1 heterocycles. The van der Waals surface area contributed by atoms with Gasteiger partial charge in [-0.25, -0.2) is 0 Å². The number of rotatable bonds is 5. The van der Waals surface area contributed by atoms with Crippen molar-refractivity contribution in [2.75, 3.05) is 13.1 Å². The quantitative estimate of drug-likeness (QED) is 0.552. The standard InChI is InChI=1S/C20H22BrNO/c21-18(20(23)17-12-6-2-7-13-17)19(16-10-4-1-5-11-16)22-14-8-3-9-15-22/h1-2,4-7,10-13,18-19H,3,8-9,14-15H2/t18-,19-/m0/s1. The molecule has 0 spiro atoms. The van der Waals surface area contributed by atoms with E-state index in [1.54, 1.807) is 0 Å². The number of nitrogens with zero attached hydrogens (tertiary/aromatic N) is 1. The molecule has 1 aliphatic heterocycles. The summed E-state index contributed by atoms with van der Waals surface area (Å²) in [7, 11) is 0. The van der Waals surface area contributed by atoms with Crippen LogP contribution in [0.4, 0.5) is 0 Å². The van der Waals surface area contributed by atoms with E-state index in [4.69, 9.17) is 0 Å². The molecule has 0 saturated carbocycles. The molecule has 2 aromatic carbocycles. The maximum Gasteiger partial charge on any atom is 0.178 e. The minimum Gasteiger partial charge on any atom is -0.295 e. The number of carbonyl (C=O) groups is 1. The van der Waals surface area contributed by atoms with Crippen molar-refractivity contribution in [3.8, 4) is 0 Å². The molecule has 0 bridgehead atoms. The maximum absolute atomic E-state index is 12.9. The molecule has 0 radical (unpaired) electrons. The van der Waals surface area contributed by atoms with Crippen molar-refractivity contribution >= 4 is 21.7 Å². The Balaban J connectivity index is 1.89. The third kappa shape index (κ3) is 3.91. The van der Waals surface area contributed by atoms with E-state index in [1.807, 2.05) is 36.4 Å². The van der Waals surface area contributed by atoms with Crippen LogP contribution in [0.5, 0.6) is 0 Å². The molecule has 2 aromatic rings. The van der Waals surface area contributed by atoms with Gasteiger partial charge in [-0.05, 0) is 31.5 Å². The van der Waals surface area contributed by atoms with Gasteiger partial charge in [0.25, 0.3) is 0 Å². The molecular weight excluding hydrogens is 350 g/mol. The third-order valence-corrected chi connectivity index (χ3v) is 5.43. The topological polar surface area (TPSA) is 20.3 Å². The van der Waals surface area contributed by atoms with Gasteiger partial charge in [0, 0.05) is 5.56 Å². The Morgan fingerprint density at radius 2 is 1.43 bits per heavy atom. The second-order valence-corrected chi connectivity index (χ2v) is 7.07. The first-order chi connectivity index (χ1) is 11.3. The minimum absolute atomic E-state index is 0.0872. The van der Waals surface area contributed by atoms with E-state index in [1.165, 1.54) is 24.8 Å². The summed E-state index contributed by atoms with van der Waals surface area (Å²) >= 11 is 3.73. The van der Waals surface area contributed by atoms with E-state index >= 15 is 0 Å². The first kappa shape index (κ1) is 16.4. The highest BCUT2D eigenvalue weighted by atomic mass is 79.9. The van der Waals surface area contributed by atoms with E-state index in [9.17, 15) is 4.79 Å². The Kier molecular flexibility index (Phi) is 5.63. The van der Waals surface area contributed by atoms with Gasteiger partial charge in [0.1, 0.15) is 0 Å². The second-order valence-electron chi connectivity index (χ2n) is 6.08. The molecule has 1 saturated heterocycles. The van der Waals surface area contributed by atoms with E-state index in [-0.39, 0.29) is 16.7 Å².